The molecule has 1 rings (SSSR count). The van der Waals surface area contributed by atoms with Crippen LogP contribution in [0.15, 0.2) is 23.1 Å². The lowest BCUT2D eigenvalue weighted by Gasteiger charge is -2.25. The highest BCUT2D eigenvalue weighted by molar-refractivity contribution is 7.89. The maximum Gasteiger partial charge on any atom is 0.338 e. The van der Waals surface area contributed by atoms with E-state index < -0.39 is 27.4 Å². The molecule has 7 heteroatoms. The SMILES string of the molecule is CCC(CC)N(C)S(=O)(=O)c1ccc(F)c(C(=O)O)c1. The smallest absolute Gasteiger partial charge is 0.338 e. The number of carbonyl (C=O) groups is 1. The minimum Gasteiger partial charge on any atom is -0.478 e. The minimum absolute atomic E-state index is 0.182. The molecule has 0 saturated heterocycles. The van der Waals surface area contributed by atoms with Crippen LogP contribution in [0.4, 0.5) is 4.39 Å². The van der Waals surface area contributed by atoms with E-state index in [2.05, 4.69) is 0 Å². The van der Waals surface area contributed by atoms with Crippen LogP contribution in [0.5, 0.6) is 0 Å². The fourth-order valence-corrected chi connectivity index (χ4v) is 3.52. The van der Waals surface area contributed by atoms with Gasteiger partial charge in [-0.3, -0.25) is 0 Å². The third kappa shape index (κ3) is 3.16. The Kier molecular flexibility index (Phi) is 5.24. The van der Waals surface area contributed by atoms with Gasteiger partial charge in [-0.1, -0.05) is 13.8 Å². The first-order valence-corrected chi connectivity index (χ1v) is 7.70. The number of halogens is 1. The molecule has 0 fully saturated rings. The van der Waals surface area contributed by atoms with Gasteiger partial charge in [0.05, 0.1) is 10.5 Å². The van der Waals surface area contributed by atoms with Crippen LogP contribution in [-0.4, -0.2) is 36.9 Å². The number of carboxylic acid groups (broad SMARTS) is 1. The van der Waals surface area contributed by atoms with Crippen molar-refractivity contribution in [3.8, 4) is 0 Å². The topological polar surface area (TPSA) is 74.7 Å². The molecule has 0 bridgehead atoms. The third-order valence-corrected chi connectivity index (χ3v) is 5.21. The fourth-order valence-electron chi connectivity index (χ4n) is 1.99. The Bertz CT molecular complexity index is 596. The van der Waals surface area contributed by atoms with E-state index in [9.17, 15) is 17.6 Å². The molecule has 0 amide bonds. The van der Waals surface area contributed by atoms with Crippen molar-refractivity contribution in [1.29, 1.82) is 0 Å². The van der Waals surface area contributed by atoms with Crippen LogP contribution >= 0.6 is 0 Å². The molecule has 20 heavy (non-hydrogen) atoms. The Labute approximate surface area is 118 Å². The van der Waals surface area contributed by atoms with Gasteiger partial charge < -0.3 is 5.11 Å². The summed E-state index contributed by atoms with van der Waals surface area (Å²) < 4.78 is 39.3. The largest absolute Gasteiger partial charge is 0.478 e. The maximum atomic E-state index is 13.3. The van der Waals surface area contributed by atoms with E-state index in [1.54, 1.807) is 0 Å². The van der Waals surface area contributed by atoms with Crippen molar-refractivity contribution in [3.05, 3.63) is 29.6 Å². The highest BCUT2D eigenvalue weighted by atomic mass is 32.2. The summed E-state index contributed by atoms with van der Waals surface area (Å²) in [6.07, 6.45) is 1.28. The van der Waals surface area contributed by atoms with Crippen molar-refractivity contribution in [1.82, 2.24) is 4.31 Å². The van der Waals surface area contributed by atoms with Gasteiger partial charge in [-0.25, -0.2) is 17.6 Å². The zero-order valence-electron chi connectivity index (χ0n) is 11.6. The second-order valence-corrected chi connectivity index (χ2v) is 6.44. The van der Waals surface area contributed by atoms with Crippen molar-refractivity contribution in [2.24, 2.45) is 0 Å². The van der Waals surface area contributed by atoms with Gasteiger partial charge in [-0.05, 0) is 31.0 Å². The van der Waals surface area contributed by atoms with Gasteiger partial charge in [0, 0.05) is 13.1 Å². The number of aromatic carboxylic acids is 1. The van der Waals surface area contributed by atoms with Crippen LogP contribution in [0, 0.1) is 5.82 Å². The lowest BCUT2D eigenvalue weighted by molar-refractivity contribution is 0.0691. The number of hydrogen-bond acceptors (Lipinski definition) is 3. The molecule has 0 heterocycles. The highest BCUT2D eigenvalue weighted by Gasteiger charge is 2.27. The molecule has 1 aromatic carbocycles. The second kappa shape index (κ2) is 6.32. The predicted molar refractivity (Wildman–Crippen MR) is 72.7 cm³/mol. The molecule has 1 N–H and O–H groups in total. The molecular weight excluding hydrogens is 285 g/mol. The molecule has 0 spiro atoms. The van der Waals surface area contributed by atoms with Crippen LogP contribution in [-0.2, 0) is 10.0 Å². The fraction of sp³-hybridized carbons (Fsp3) is 0.462. The first-order chi connectivity index (χ1) is 9.25. The second-order valence-electron chi connectivity index (χ2n) is 4.44. The van der Waals surface area contributed by atoms with Crippen LogP contribution in [0.2, 0.25) is 0 Å². The summed E-state index contributed by atoms with van der Waals surface area (Å²) in [5.74, 6) is -2.45. The van der Waals surface area contributed by atoms with Gasteiger partial charge in [-0.15, -0.1) is 0 Å². The van der Waals surface area contributed by atoms with Crippen LogP contribution in [0.3, 0.4) is 0 Å². The van der Waals surface area contributed by atoms with E-state index in [1.165, 1.54) is 11.4 Å². The van der Waals surface area contributed by atoms with Gasteiger partial charge in [0.2, 0.25) is 10.0 Å². The number of carboxylic acids is 1. The summed E-state index contributed by atoms with van der Waals surface area (Å²) in [6, 6.07) is 2.61. The van der Waals surface area contributed by atoms with Gasteiger partial charge in [0.25, 0.3) is 0 Å². The van der Waals surface area contributed by atoms with Gasteiger partial charge in [0.15, 0.2) is 0 Å². The number of nitrogens with zero attached hydrogens (tertiary/aromatic N) is 1. The molecule has 0 unspecified atom stereocenters. The highest BCUT2D eigenvalue weighted by Crippen LogP contribution is 2.21. The number of sulfonamides is 1. The molecule has 0 aliphatic carbocycles. The molecule has 0 aliphatic heterocycles. The van der Waals surface area contributed by atoms with Gasteiger partial charge in [0.1, 0.15) is 5.82 Å². The molecule has 0 atom stereocenters. The number of benzene rings is 1. The molecule has 0 aromatic heterocycles. The number of rotatable bonds is 6. The van der Waals surface area contributed by atoms with Crippen molar-refractivity contribution in [3.63, 3.8) is 0 Å². The third-order valence-electron chi connectivity index (χ3n) is 3.30. The molecule has 0 aliphatic rings. The Hall–Kier alpha value is -1.47. The van der Waals surface area contributed by atoms with Crippen molar-refractivity contribution in [2.75, 3.05) is 7.05 Å². The number of hydrogen-bond donors (Lipinski definition) is 1. The van der Waals surface area contributed by atoms with E-state index in [0.29, 0.717) is 12.8 Å². The monoisotopic (exact) mass is 303 g/mol. The van der Waals surface area contributed by atoms with E-state index in [-0.39, 0.29) is 10.9 Å². The Morgan fingerprint density at radius 1 is 1.35 bits per heavy atom. The van der Waals surface area contributed by atoms with E-state index in [1.807, 2.05) is 13.8 Å². The lowest BCUT2D eigenvalue weighted by atomic mass is 10.2. The molecule has 5 nitrogen and oxygen atoms in total. The zero-order valence-corrected chi connectivity index (χ0v) is 12.4. The van der Waals surface area contributed by atoms with Crippen molar-refractivity contribution >= 4 is 16.0 Å². The van der Waals surface area contributed by atoms with Crippen LogP contribution in [0.25, 0.3) is 0 Å². The van der Waals surface area contributed by atoms with Gasteiger partial charge in [-0.2, -0.15) is 4.31 Å². The van der Waals surface area contributed by atoms with E-state index >= 15 is 0 Å². The minimum atomic E-state index is -3.83. The molecular formula is C13H18FNO4S. The average Bonchev–Trinajstić information content (AvgIpc) is 2.39. The summed E-state index contributed by atoms with van der Waals surface area (Å²) >= 11 is 0. The molecule has 0 saturated carbocycles. The average molecular weight is 303 g/mol. The lowest BCUT2D eigenvalue weighted by Crippen LogP contribution is -2.36. The first-order valence-electron chi connectivity index (χ1n) is 6.26. The maximum absolute atomic E-state index is 13.3. The summed E-state index contributed by atoms with van der Waals surface area (Å²) in [5, 5.41) is 8.85. The Balaban J connectivity index is 3.29. The molecule has 1 aromatic rings. The normalized spacial score (nSPS) is 12.1. The summed E-state index contributed by atoms with van der Waals surface area (Å²) in [7, 11) is -2.39. The Morgan fingerprint density at radius 2 is 1.90 bits per heavy atom. The standard InChI is InChI=1S/C13H18FNO4S/c1-4-9(5-2)15(3)20(18,19)10-6-7-12(14)11(8-10)13(16)17/h6-9H,4-5H2,1-3H3,(H,16,17). The molecule has 0 radical (unpaired) electrons. The van der Waals surface area contributed by atoms with Crippen LogP contribution < -0.4 is 0 Å². The first kappa shape index (κ1) is 16.6. The predicted octanol–water partition coefficient (Wildman–Crippen LogP) is 2.33. The summed E-state index contributed by atoms with van der Waals surface area (Å²) in [5.41, 5.74) is -0.649. The van der Waals surface area contributed by atoms with Crippen molar-refractivity contribution < 1.29 is 22.7 Å². The summed E-state index contributed by atoms with van der Waals surface area (Å²) in [4.78, 5) is 10.7. The van der Waals surface area contributed by atoms with E-state index in [4.69, 9.17) is 5.11 Å². The zero-order chi connectivity index (χ0) is 15.5. The quantitative estimate of drug-likeness (QED) is 0.875. The van der Waals surface area contributed by atoms with Gasteiger partial charge >= 0.3 is 5.97 Å². The molecule has 112 valence electrons. The summed E-state index contributed by atoms with van der Waals surface area (Å²) in [6.45, 7) is 3.74. The Morgan fingerprint density at radius 3 is 2.35 bits per heavy atom. The van der Waals surface area contributed by atoms with E-state index in [0.717, 1.165) is 18.2 Å². The van der Waals surface area contributed by atoms with Crippen molar-refractivity contribution in [2.45, 2.75) is 37.6 Å². The van der Waals surface area contributed by atoms with Crippen LogP contribution in [0.1, 0.15) is 37.0 Å².